The van der Waals surface area contributed by atoms with Gasteiger partial charge in [0, 0.05) is 13.1 Å². The molecule has 0 bridgehead atoms. The van der Waals surface area contributed by atoms with Crippen molar-refractivity contribution in [3.63, 3.8) is 0 Å². The molecule has 0 saturated carbocycles. The molecule has 1 atom stereocenters. The molecule has 1 amide bonds. The highest BCUT2D eigenvalue weighted by molar-refractivity contribution is 5.97. The van der Waals surface area contributed by atoms with Gasteiger partial charge in [-0.25, -0.2) is 0 Å². The standard InChI is InChI=1S/C18H25N3O2/c1-14-5-6-15(16(11-14)23-10-4-8-19)17(22)21-9-3-7-18(2,12-20)13-21/h5-6,11H,3-4,7-10,13,19H2,1-2H3/t18-/m0/s1. The zero-order valence-electron chi connectivity index (χ0n) is 14.0. The number of likely N-dealkylation sites (tertiary alicyclic amines) is 1. The number of ether oxygens (including phenoxy) is 1. The molecule has 124 valence electrons. The van der Waals surface area contributed by atoms with Gasteiger partial charge in [-0.3, -0.25) is 4.79 Å². The molecule has 1 aromatic rings. The molecule has 2 rings (SSSR count). The van der Waals surface area contributed by atoms with Gasteiger partial charge in [-0.1, -0.05) is 6.07 Å². The first-order chi connectivity index (χ1) is 11.0. The molecule has 1 heterocycles. The van der Waals surface area contributed by atoms with E-state index in [1.807, 2.05) is 32.0 Å². The van der Waals surface area contributed by atoms with Crippen molar-refractivity contribution in [2.75, 3.05) is 26.2 Å². The highest BCUT2D eigenvalue weighted by Crippen LogP contribution is 2.31. The van der Waals surface area contributed by atoms with Crippen molar-refractivity contribution in [1.82, 2.24) is 4.90 Å². The fraction of sp³-hybridized carbons (Fsp3) is 0.556. The summed E-state index contributed by atoms with van der Waals surface area (Å²) in [4.78, 5) is 14.7. The van der Waals surface area contributed by atoms with Crippen LogP contribution in [0.1, 0.15) is 42.1 Å². The number of nitrogens with two attached hydrogens (primary N) is 1. The van der Waals surface area contributed by atoms with Crippen LogP contribution >= 0.6 is 0 Å². The van der Waals surface area contributed by atoms with Crippen LogP contribution in [0, 0.1) is 23.7 Å². The summed E-state index contributed by atoms with van der Waals surface area (Å²) >= 11 is 0. The van der Waals surface area contributed by atoms with Gasteiger partial charge < -0.3 is 15.4 Å². The predicted molar refractivity (Wildman–Crippen MR) is 89.2 cm³/mol. The summed E-state index contributed by atoms with van der Waals surface area (Å²) < 4.78 is 5.76. The SMILES string of the molecule is Cc1ccc(C(=O)N2CCC[C@@](C)(C#N)C2)c(OCCCN)c1. The lowest BCUT2D eigenvalue weighted by Crippen LogP contribution is -2.44. The Balaban J connectivity index is 2.20. The van der Waals surface area contributed by atoms with Crippen LogP contribution in [0.3, 0.4) is 0 Å². The third-order valence-corrected chi connectivity index (χ3v) is 4.23. The van der Waals surface area contributed by atoms with Crippen molar-refractivity contribution in [3.05, 3.63) is 29.3 Å². The fourth-order valence-electron chi connectivity index (χ4n) is 2.87. The Morgan fingerprint density at radius 1 is 1.52 bits per heavy atom. The number of rotatable bonds is 5. The Hall–Kier alpha value is -2.06. The van der Waals surface area contributed by atoms with E-state index < -0.39 is 5.41 Å². The van der Waals surface area contributed by atoms with Crippen molar-refractivity contribution < 1.29 is 9.53 Å². The maximum atomic E-state index is 12.9. The minimum Gasteiger partial charge on any atom is -0.493 e. The minimum absolute atomic E-state index is 0.0612. The monoisotopic (exact) mass is 315 g/mol. The number of hydrogen-bond acceptors (Lipinski definition) is 4. The summed E-state index contributed by atoms with van der Waals surface area (Å²) in [5.74, 6) is 0.543. The predicted octanol–water partition coefficient (Wildman–Crippen LogP) is 2.49. The summed E-state index contributed by atoms with van der Waals surface area (Å²) in [7, 11) is 0. The molecule has 1 saturated heterocycles. The third-order valence-electron chi connectivity index (χ3n) is 4.23. The molecular weight excluding hydrogens is 290 g/mol. The van der Waals surface area contributed by atoms with Crippen molar-refractivity contribution in [3.8, 4) is 11.8 Å². The second kappa shape index (κ2) is 7.47. The molecule has 1 aliphatic heterocycles. The molecule has 0 aliphatic carbocycles. The Morgan fingerprint density at radius 2 is 2.30 bits per heavy atom. The van der Waals surface area contributed by atoms with Gasteiger partial charge in [-0.15, -0.1) is 0 Å². The number of nitrogens with zero attached hydrogens (tertiary/aromatic N) is 2. The third kappa shape index (κ3) is 4.23. The molecule has 5 heteroatoms. The minimum atomic E-state index is -0.459. The number of carbonyl (C=O) groups is 1. The van der Waals surface area contributed by atoms with Crippen molar-refractivity contribution in [2.45, 2.75) is 33.1 Å². The lowest BCUT2D eigenvalue weighted by atomic mass is 9.83. The molecule has 5 nitrogen and oxygen atoms in total. The summed E-state index contributed by atoms with van der Waals surface area (Å²) in [5, 5.41) is 9.33. The van der Waals surface area contributed by atoms with Gasteiger partial charge in [0.25, 0.3) is 5.91 Å². The molecule has 1 fully saturated rings. The number of hydrogen-bond donors (Lipinski definition) is 1. The van der Waals surface area contributed by atoms with E-state index in [-0.39, 0.29) is 5.91 Å². The maximum Gasteiger partial charge on any atom is 0.257 e. The molecule has 23 heavy (non-hydrogen) atoms. The fourth-order valence-corrected chi connectivity index (χ4v) is 2.87. The van der Waals surface area contributed by atoms with Crippen molar-refractivity contribution >= 4 is 5.91 Å². The number of benzene rings is 1. The lowest BCUT2D eigenvalue weighted by Gasteiger charge is -2.36. The first-order valence-electron chi connectivity index (χ1n) is 8.13. The lowest BCUT2D eigenvalue weighted by molar-refractivity contribution is 0.0625. The average molecular weight is 315 g/mol. The van der Waals surface area contributed by atoms with E-state index in [1.165, 1.54) is 0 Å². The largest absolute Gasteiger partial charge is 0.493 e. The smallest absolute Gasteiger partial charge is 0.257 e. The molecule has 0 aromatic heterocycles. The Kier molecular flexibility index (Phi) is 5.62. The summed E-state index contributed by atoms with van der Waals surface area (Å²) in [5.41, 5.74) is 6.65. The van der Waals surface area contributed by atoms with Gasteiger partial charge in [0.05, 0.1) is 23.7 Å². The van der Waals surface area contributed by atoms with E-state index in [9.17, 15) is 10.1 Å². The summed E-state index contributed by atoms with van der Waals surface area (Å²) in [6, 6.07) is 7.96. The number of carbonyl (C=O) groups excluding carboxylic acids is 1. The topological polar surface area (TPSA) is 79.3 Å². The van der Waals surface area contributed by atoms with Crippen molar-refractivity contribution in [2.24, 2.45) is 11.1 Å². The van der Waals surface area contributed by atoms with E-state index in [0.717, 1.165) is 24.8 Å². The molecule has 0 spiro atoms. The van der Waals surface area contributed by atoms with Gasteiger partial charge in [0.2, 0.25) is 0 Å². The van der Waals surface area contributed by atoms with Crippen LogP contribution in [-0.2, 0) is 0 Å². The highest BCUT2D eigenvalue weighted by atomic mass is 16.5. The second-order valence-electron chi connectivity index (χ2n) is 6.49. The van der Waals surface area contributed by atoms with Gasteiger partial charge >= 0.3 is 0 Å². The number of amides is 1. The number of aryl methyl sites for hydroxylation is 1. The molecule has 1 aromatic carbocycles. The van der Waals surface area contributed by atoms with Gasteiger partial charge in [-0.05, 0) is 57.4 Å². The summed E-state index contributed by atoms with van der Waals surface area (Å²) in [6.07, 6.45) is 2.43. The normalized spacial score (nSPS) is 20.9. The Bertz CT molecular complexity index is 609. The molecule has 2 N–H and O–H groups in total. The van der Waals surface area contributed by atoms with Crippen LogP contribution in [0.25, 0.3) is 0 Å². The van der Waals surface area contributed by atoms with Crippen molar-refractivity contribution in [1.29, 1.82) is 5.26 Å². The van der Waals surface area contributed by atoms with E-state index in [4.69, 9.17) is 10.5 Å². The van der Waals surface area contributed by atoms with E-state index in [1.54, 1.807) is 4.90 Å². The zero-order chi connectivity index (χ0) is 16.9. The van der Waals surface area contributed by atoms with E-state index in [0.29, 0.717) is 37.6 Å². The Morgan fingerprint density at radius 3 is 3.00 bits per heavy atom. The van der Waals surface area contributed by atoms with E-state index >= 15 is 0 Å². The van der Waals surface area contributed by atoms with E-state index in [2.05, 4.69) is 6.07 Å². The average Bonchev–Trinajstić information content (AvgIpc) is 2.55. The Labute approximate surface area is 138 Å². The quantitative estimate of drug-likeness (QED) is 0.847. The van der Waals surface area contributed by atoms with Crippen LogP contribution in [0.4, 0.5) is 0 Å². The summed E-state index contributed by atoms with van der Waals surface area (Å²) in [6.45, 7) is 6.10. The first kappa shape index (κ1) is 17.3. The molecular formula is C18H25N3O2. The number of piperidine rings is 1. The van der Waals surface area contributed by atoms with Gasteiger partial charge in [-0.2, -0.15) is 5.26 Å². The van der Waals surface area contributed by atoms with Crippen LogP contribution in [0.5, 0.6) is 5.75 Å². The molecule has 0 unspecified atom stereocenters. The number of nitriles is 1. The first-order valence-corrected chi connectivity index (χ1v) is 8.13. The maximum absolute atomic E-state index is 12.9. The zero-order valence-corrected chi connectivity index (χ0v) is 14.0. The molecule has 0 radical (unpaired) electrons. The van der Waals surface area contributed by atoms with Crippen LogP contribution in [0.2, 0.25) is 0 Å². The van der Waals surface area contributed by atoms with Crippen LogP contribution in [-0.4, -0.2) is 37.0 Å². The molecule has 1 aliphatic rings. The van der Waals surface area contributed by atoms with Gasteiger partial charge in [0.1, 0.15) is 5.75 Å². The van der Waals surface area contributed by atoms with Crippen LogP contribution < -0.4 is 10.5 Å². The van der Waals surface area contributed by atoms with Crippen LogP contribution in [0.15, 0.2) is 18.2 Å². The highest BCUT2D eigenvalue weighted by Gasteiger charge is 2.34. The second-order valence-corrected chi connectivity index (χ2v) is 6.49. The van der Waals surface area contributed by atoms with Gasteiger partial charge in [0.15, 0.2) is 0 Å².